The minimum atomic E-state index is -0.438. The number of nitrogens with one attached hydrogen (secondary N) is 1. The lowest BCUT2D eigenvalue weighted by molar-refractivity contribution is 0.0527. The molecule has 5 nitrogen and oxygen atoms in total. The van der Waals surface area contributed by atoms with Crippen molar-refractivity contribution in [3.63, 3.8) is 0 Å². The Hall–Kier alpha value is -2.30. The van der Waals surface area contributed by atoms with Gasteiger partial charge in [0.15, 0.2) is 0 Å². The van der Waals surface area contributed by atoms with E-state index in [0.29, 0.717) is 6.54 Å². The highest BCUT2D eigenvalue weighted by Crippen LogP contribution is 2.17. The third kappa shape index (κ3) is 7.42. The number of amides is 1. The van der Waals surface area contributed by atoms with Gasteiger partial charge >= 0.3 is 6.09 Å². The third-order valence-electron chi connectivity index (χ3n) is 3.72. The number of carbonyl (C=O) groups is 1. The summed E-state index contributed by atoms with van der Waals surface area (Å²) in [6.07, 6.45) is 7.94. The number of hydrogen-bond donors (Lipinski definition) is 1. The van der Waals surface area contributed by atoms with E-state index >= 15 is 0 Å². The van der Waals surface area contributed by atoms with Gasteiger partial charge < -0.3 is 10.1 Å². The molecule has 1 N–H and O–H groups in total. The molecule has 2 aromatic rings. The zero-order valence-electron chi connectivity index (χ0n) is 15.5. The Morgan fingerprint density at radius 3 is 2.52 bits per heavy atom. The lowest BCUT2D eigenvalue weighted by Gasteiger charge is -2.19. The Kier molecular flexibility index (Phi) is 7.04. The van der Waals surface area contributed by atoms with Gasteiger partial charge in [-0.15, -0.1) is 0 Å². The molecule has 0 unspecified atom stereocenters. The fourth-order valence-electron chi connectivity index (χ4n) is 2.52. The van der Waals surface area contributed by atoms with Gasteiger partial charge in [-0.05, 0) is 39.2 Å². The summed E-state index contributed by atoms with van der Waals surface area (Å²) in [5.74, 6) is 0. The predicted molar refractivity (Wildman–Crippen MR) is 100 cm³/mol. The number of benzene rings is 1. The smallest absolute Gasteiger partial charge is 0.407 e. The minimum Gasteiger partial charge on any atom is -0.444 e. The van der Waals surface area contributed by atoms with Crippen LogP contribution in [-0.2, 0) is 11.3 Å². The van der Waals surface area contributed by atoms with Crippen molar-refractivity contribution in [3.05, 3.63) is 42.7 Å². The van der Waals surface area contributed by atoms with Crippen LogP contribution in [0.1, 0.15) is 46.5 Å². The molecule has 2 rings (SSSR count). The van der Waals surface area contributed by atoms with E-state index < -0.39 is 5.60 Å². The molecule has 1 heterocycles. The molecule has 0 fully saturated rings. The second kappa shape index (κ2) is 9.25. The fourth-order valence-corrected chi connectivity index (χ4v) is 2.52. The van der Waals surface area contributed by atoms with E-state index in [1.165, 1.54) is 5.56 Å². The highest BCUT2D eigenvalue weighted by atomic mass is 16.6. The summed E-state index contributed by atoms with van der Waals surface area (Å²) in [6, 6.07) is 10.3. The Labute approximate surface area is 150 Å². The van der Waals surface area contributed by atoms with Crippen LogP contribution in [0.25, 0.3) is 11.1 Å². The number of ether oxygens (including phenoxy) is 1. The van der Waals surface area contributed by atoms with Gasteiger partial charge in [0.1, 0.15) is 5.60 Å². The summed E-state index contributed by atoms with van der Waals surface area (Å²) >= 11 is 0. The molecule has 0 aliphatic heterocycles. The van der Waals surface area contributed by atoms with E-state index in [9.17, 15) is 4.79 Å². The van der Waals surface area contributed by atoms with Gasteiger partial charge in [0.05, 0.1) is 6.20 Å². The molecule has 0 saturated carbocycles. The highest BCUT2D eigenvalue weighted by Gasteiger charge is 2.15. The van der Waals surface area contributed by atoms with Crippen LogP contribution < -0.4 is 5.32 Å². The SMILES string of the molecule is CC(C)(C)OC(=O)NCCCCCCn1cc(-c2ccccc2)cn1. The number of aromatic nitrogens is 2. The molecule has 5 heteroatoms. The van der Waals surface area contributed by atoms with Crippen molar-refractivity contribution in [2.75, 3.05) is 6.54 Å². The summed E-state index contributed by atoms with van der Waals surface area (Å²) in [7, 11) is 0. The number of aryl methyl sites for hydroxylation is 1. The zero-order chi connectivity index (χ0) is 18.1. The Bertz CT molecular complexity index is 644. The quantitative estimate of drug-likeness (QED) is 0.711. The maximum atomic E-state index is 11.5. The normalized spacial score (nSPS) is 11.3. The Balaban J connectivity index is 1.57. The summed E-state index contributed by atoms with van der Waals surface area (Å²) in [5, 5.41) is 7.22. The number of rotatable bonds is 8. The number of unbranched alkanes of at least 4 members (excludes halogenated alkanes) is 3. The molecule has 25 heavy (non-hydrogen) atoms. The average Bonchev–Trinajstić information content (AvgIpc) is 3.02. The first-order chi connectivity index (χ1) is 11.9. The van der Waals surface area contributed by atoms with Crippen molar-refractivity contribution >= 4 is 6.09 Å². The minimum absolute atomic E-state index is 0.336. The van der Waals surface area contributed by atoms with E-state index in [4.69, 9.17) is 4.74 Å². The number of nitrogens with zero attached hydrogens (tertiary/aromatic N) is 2. The number of carbonyl (C=O) groups excluding carboxylic acids is 1. The average molecular weight is 343 g/mol. The zero-order valence-corrected chi connectivity index (χ0v) is 15.5. The molecule has 0 aliphatic rings. The number of alkyl carbamates (subject to hydrolysis) is 1. The van der Waals surface area contributed by atoms with Crippen molar-refractivity contribution in [2.45, 2.75) is 58.6 Å². The monoisotopic (exact) mass is 343 g/mol. The largest absolute Gasteiger partial charge is 0.444 e. The van der Waals surface area contributed by atoms with Crippen LogP contribution in [0.15, 0.2) is 42.7 Å². The van der Waals surface area contributed by atoms with Crippen molar-refractivity contribution in [3.8, 4) is 11.1 Å². The van der Waals surface area contributed by atoms with Gasteiger partial charge in [0, 0.05) is 24.8 Å². The molecule has 1 aromatic carbocycles. The van der Waals surface area contributed by atoms with Crippen molar-refractivity contribution < 1.29 is 9.53 Å². The standard InChI is InChI=1S/C20H29N3O2/c1-20(2,3)25-19(24)21-13-9-4-5-10-14-23-16-18(15-22-23)17-11-7-6-8-12-17/h6-8,11-12,15-16H,4-5,9-10,13-14H2,1-3H3,(H,21,24). The van der Waals surface area contributed by atoms with Gasteiger partial charge in [-0.2, -0.15) is 5.10 Å². The lowest BCUT2D eigenvalue weighted by Crippen LogP contribution is -2.32. The summed E-state index contributed by atoms with van der Waals surface area (Å²) in [6.45, 7) is 7.18. The van der Waals surface area contributed by atoms with Crippen LogP contribution in [0.2, 0.25) is 0 Å². The first-order valence-electron chi connectivity index (χ1n) is 8.99. The van der Waals surface area contributed by atoms with Crippen LogP contribution in [0.4, 0.5) is 4.79 Å². The van der Waals surface area contributed by atoms with E-state index in [1.807, 2.05) is 49.8 Å². The van der Waals surface area contributed by atoms with Crippen LogP contribution in [-0.4, -0.2) is 28.0 Å². The van der Waals surface area contributed by atoms with Crippen LogP contribution in [0.5, 0.6) is 0 Å². The molecular weight excluding hydrogens is 314 g/mol. The second-order valence-electron chi connectivity index (χ2n) is 7.20. The predicted octanol–water partition coefficient (Wildman–Crippen LogP) is 4.64. The van der Waals surface area contributed by atoms with Crippen LogP contribution in [0, 0.1) is 0 Å². The van der Waals surface area contributed by atoms with Gasteiger partial charge in [0.25, 0.3) is 0 Å². The first kappa shape index (κ1) is 19.0. The molecule has 0 spiro atoms. The molecule has 0 bridgehead atoms. The molecule has 0 atom stereocenters. The summed E-state index contributed by atoms with van der Waals surface area (Å²) < 4.78 is 7.20. The molecular formula is C20H29N3O2. The third-order valence-corrected chi connectivity index (χ3v) is 3.72. The molecule has 0 saturated heterocycles. The van der Waals surface area contributed by atoms with Gasteiger partial charge in [-0.25, -0.2) is 4.79 Å². The van der Waals surface area contributed by atoms with E-state index in [2.05, 4.69) is 28.7 Å². The molecule has 0 aliphatic carbocycles. The van der Waals surface area contributed by atoms with Gasteiger partial charge in [-0.1, -0.05) is 43.2 Å². The Morgan fingerprint density at radius 1 is 1.08 bits per heavy atom. The number of hydrogen-bond acceptors (Lipinski definition) is 3. The van der Waals surface area contributed by atoms with E-state index in [-0.39, 0.29) is 6.09 Å². The van der Waals surface area contributed by atoms with Gasteiger partial charge in [0.2, 0.25) is 0 Å². The van der Waals surface area contributed by atoms with Crippen molar-refractivity contribution in [1.82, 2.24) is 15.1 Å². The van der Waals surface area contributed by atoms with Crippen LogP contribution >= 0.6 is 0 Å². The summed E-state index contributed by atoms with van der Waals surface area (Å²) in [5.41, 5.74) is 1.91. The molecule has 1 aromatic heterocycles. The molecule has 1 amide bonds. The van der Waals surface area contributed by atoms with Crippen molar-refractivity contribution in [2.24, 2.45) is 0 Å². The van der Waals surface area contributed by atoms with Crippen LogP contribution in [0.3, 0.4) is 0 Å². The molecule has 0 radical (unpaired) electrons. The van der Waals surface area contributed by atoms with E-state index in [1.54, 1.807) is 0 Å². The van der Waals surface area contributed by atoms with Crippen molar-refractivity contribution in [1.29, 1.82) is 0 Å². The van der Waals surface area contributed by atoms with E-state index in [0.717, 1.165) is 37.8 Å². The fraction of sp³-hybridized carbons (Fsp3) is 0.500. The van der Waals surface area contributed by atoms with Gasteiger partial charge in [-0.3, -0.25) is 4.68 Å². The highest BCUT2D eigenvalue weighted by molar-refractivity contribution is 5.67. The topological polar surface area (TPSA) is 56.1 Å². The lowest BCUT2D eigenvalue weighted by atomic mass is 10.1. The first-order valence-corrected chi connectivity index (χ1v) is 8.99. The maximum Gasteiger partial charge on any atom is 0.407 e. The molecule has 136 valence electrons. The summed E-state index contributed by atoms with van der Waals surface area (Å²) in [4.78, 5) is 11.5. The maximum absolute atomic E-state index is 11.5. The second-order valence-corrected chi connectivity index (χ2v) is 7.20. The Morgan fingerprint density at radius 2 is 1.80 bits per heavy atom.